The number of nitrogens with one attached hydrogen (secondary N) is 2. The lowest BCUT2D eigenvalue weighted by molar-refractivity contribution is 0.252. The molecule has 0 unspecified atom stereocenters. The smallest absolute Gasteiger partial charge is 0.319 e. The van der Waals surface area contributed by atoms with Gasteiger partial charge in [0.15, 0.2) is 0 Å². The molecule has 1 aromatic carbocycles. The van der Waals surface area contributed by atoms with Gasteiger partial charge >= 0.3 is 6.03 Å². The van der Waals surface area contributed by atoms with Gasteiger partial charge < -0.3 is 10.6 Å². The molecule has 0 aliphatic heterocycles. The van der Waals surface area contributed by atoms with E-state index in [4.69, 9.17) is 5.53 Å². The molecule has 0 fully saturated rings. The summed E-state index contributed by atoms with van der Waals surface area (Å²) in [6, 6.07) is 4.95. The van der Waals surface area contributed by atoms with E-state index in [0.717, 1.165) is 0 Å². The van der Waals surface area contributed by atoms with Crippen molar-refractivity contribution in [1.82, 2.24) is 5.32 Å². The van der Waals surface area contributed by atoms with Gasteiger partial charge in [0.1, 0.15) is 5.82 Å². The summed E-state index contributed by atoms with van der Waals surface area (Å²) in [5.74, 6) is -0.366. The van der Waals surface area contributed by atoms with Gasteiger partial charge in [-0.15, -0.1) is 0 Å². The molecule has 0 radical (unpaired) electrons. The molecule has 0 aliphatic rings. The van der Waals surface area contributed by atoms with E-state index in [2.05, 4.69) is 20.7 Å². The first-order valence-corrected chi connectivity index (χ1v) is 4.53. The highest BCUT2D eigenvalue weighted by Crippen LogP contribution is 2.07. The molecule has 0 aliphatic carbocycles. The van der Waals surface area contributed by atoms with Crippen molar-refractivity contribution in [3.05, 3.63) is 40.5 Å². The molecule has 0 saturated carbocycles. The minimum atomic E-state index is -0.431. The summed E-state index contributed by atoms with van der Waals surface area (Å²) in [6.07, 6.45) is 0. The summed E-state index contributed by atoms with van der Waals surface area (Å²) in [7, 11) is 0. The standard InChI is InChI=1S/C9H10FN5O/c10-7-1-3-8(4-2-7)14-9(16)12-5-6-13-15-11/h1-4H,5-6H2,(H2,12,14,16). The normalized spacial score (nSPS) is 9.06. The molecule has 0 heterocycles. The largest absolute Gasteiger partial charge is 0.338 e. The van der Waals surface area contributed by atoms with E-state index in [-0.39, 0.29) is 18.9 Å². The highest BCUT2D eigenvalue weighted by molar-refractivity contribution is 5.89. The van der Waals surface area contributed by atoms with Crippen molar-refractivity contribution in [2.45, 2.75) is 0 Å². The molecule has 16 heavy (non-hydrogen) atoms. The van der Waals surface area contributed by atoms with Gasteiger partial charge in [0, 0.05) is 23.7 Å². The first kappa shape index (κ1) is 11.8. The van der Waals surface area contributed by atoms with Crippen molar-refractivity contribution in [1.29, 1.82) is 0 Å². The Labute approximate surface area is 91.1 Å². The Bertz CT molecular complexity index is 399. The number of hydrogen-bond acceptors (Lipinski definition) is 2. The first-order valence-electron chi connectivity index (χ1n) is 4.53. The van der Waals surface area contributed by atoms with E-state index in [0.29, 0.717) is 5.69 Å². The van der Waals surface area contributed by atoms with Crippen molar-refractivity contribution in [3.8, 4) is 0 Å². The predicted octanol–water partition coefficient (Wildman–Crippen LogP) is 2.26. The maximum atomic E-state index is 12.5. The zero-order chi connectivity index (χ0) is 11.8. The van der Waals surface area contributed by atoms with E-state index < -0.39 is 6.03 Å². The Kier molecular flexibility index (Phi) is 4.62. The average molecular weight is 223 g/mol. The van der Waals surface area contributed by atoms with Crippen LogP contribution >= 0.6 is 0 Å². The van der Waals surface area contributed by atoms with Crippen molar-refractivity contribution in [3.63, 3.8) is 0 Å². The number of urea groups is 1. The minimum Gasteiger partial charge on any atom is -0.338 e. The number of carbonyl (C=O) groups excluding carboxylic acids is 1. The van der Waals surface area contributed by atoms with Gasteiger partial charge in [-0.1, -0.05) is 5.11 Å². The maximum absolute atomic E-state index is 12.5. The van der Waals surface area contributed by atoms with Crippen LogP contribution < -0.4 is 10.6 Å². The molecule has 2 amide bonds. The summed E-state index contributed by atoms with van der Waals surface area (Å²) in [6.45, 7) is 0.435. The summed E-state index contributed by atoms with van der Waals surface area (Å²) in [4.78, 5) is 13.7. The summed E-state index contributed by atoms with van der Waals surface area (Å²) in [5.41, 5.74) is 8.48. The molecule has 2 N–H and O–H groups in total. The van der Waals surface area contributed by atoms with Crippen LogP contribution in [0.4, 0.5) is 14.9 Å². The molecule has 6 nitrogen and oxygen atoms in total. The van der Waals surface area contributed by atoms with Crippen LogP contribution in [-0.2, 0) is 0 Å². The highest BCUT2D eigenvalue weighted by atomic mass is 19.1. The number of rotatable bonds is 4. The second kappa shape index (κ2) is 6.26. The van der Waals surface area contributed by atoms with Crippen LogP contribution in [-0.4, -0.2) is 19.1 Å². The SMILES string of the molecule is [N-]=[N+]=NCCNC(=O)Nc1ccc(F)cc1. The van der Waals surface area contributed by atoms with Crippen molar-refractivity contribution >= 4 is 11.7 Å². The van der Waals surface area contributed by atoms with Crippen LogP contribution in [0.1, 0.15) is 0 Å². The molecule has 0 saturated heterocycles. The van der Waals surface area contributed by atoms with E-state index in [1.54, 1.807) is 0 Å². The molecule has 0 spiro atoms. The maximum Gasteiger partial charge on any atom is 0.319 e. The van der Waals surface area contributed by atoms with E-state index in [9.17, 15) is 9.18 Å². The third-order valence-electron chi connectivity index (χ3n) is 1.66. The topological polar surface area (TPSA) is 89.9 Å². The number of amides is 2. The van der Waals surface area contributed by atoms with Crippen LogP contribution in [0.3, 0.4) is 0 Å². The molecule has 0 atom stereocenters. The molecule has 1 rings (SSSR count). The molecule has 1 aromatic rings. The Morgan fingerprint density at radius 2 is 2.12 bits per heavy atom. The second-order valence-corrected chi connectivity index (χ2v) is 2.84. The summed E-state index contributed by atoms with van der Waals surface area (Å²) < 4.78 is 12.5. The average Bonchev–Trinajstić information content (AvgIpc) is 2.28. The number of halogens is 1. The third-order valence-corrected chi connectivity index (χ3v) is 1.66. The van der Waals surface area contributed by atoms with Crippen LogP contribution in [0.25, 0.3) is 10.4 Å². The van der Waals surface area contributed by atoms with Crippen LogP contribution in [0.5, 0.6) is 0 Å². The van der Waals surface area contributed by atoms with Crippen LogP contribution in [0, 0.1) is 5.82 Å². The minimum absolute atomic E-state index is 0.188. The number of azide groups is 1. The van der Waals surface area contributed by atoms with Gasteiger partial charge in [-0.2, -0.15) is 0 Å². The third kappa shape index (κ3) is 4.30. The highest BCUT2D eigenvalue weighted by Gasteiger charge is 1.99. The molecule has 0 bridgehead atoms. The number of carbonyl (C=O) groups is 1. The molecule has 84 valence electrons. The predicted molar refractivity (Wildman–Crippen MR) is 57.4 cm³/mol. The van der Waals surface area contributed by atoms with Gasteiger partial charge in [-0.05, 0) is 29.8 Å². The van der Waals surface area contributed by atoms with Gasteiger partial charge in [0.25, 0.3) is 0 Å². The van der Waals surface area contributed by atoms with E-state index >= 15 is 0 Å². The fraction of sp³-hybridized carbons (Fsp3) is 0.222. The lowest BCUT2D eigenvalue weighted by Gasteiger charge is -2.05. The Balaban J connectivity index is 2.34. The fourth-order valence-corrected chi connectivity index (χ4v) is 0.973. The van der Waals surface area contributed by atoms with Crippen LogP contribution in [0.2, 0.25) is 0 Å². The Hall–Kier alpha value is -2.27. The zero-order valence-electron chi connectivity index (χ0n) is 8.35. The van der Waals surface area contributed by atoms with Gasteiger partial charge in [-0.3, -0.25) is 0 Å². The zero-order valence-corrected chi connectivity index (χ0v) is 8.35. The molecular weight excluding hydrogens is 213 g/mol. The fourth-order valence-electron chi connectivity index (χ4n) is 0.973. The van der Waals surface area contributed by atoms with Gasteiger partial charge in [-0.25, -0.2) is 9.18 Å². The first-order chi connectivity index (χ1) is 7.72. The molecule has 7 heteroatoms. The van der Waals surface area contributed by atoms with E-state index in [1.807, 2.05) is 0 Å². The second-order valence-electron chi connectivity index (χ2n) is 2.84. The van der Waals surface area contributed by atoms with Crippen molar-refractivity contribution in [2.24, 2.45) is 5.11 Å². The number of benzene rings is 1. The quantitative estimate of drug-likeness (QED) is 0.348. The van der Waals surface area contributed by atoms with Crippen molar-refractivity contribution < 1.29 is 9.18 Å². The number of nitrogens with zero attached hydrogens (tertiary/aromatic N) is 3. The number of anilines is 1. The molecule has 0 aromatic heterocycles. The lowest BCUT2D eigenvalue weighted by atomic mass is 10.3. The Morgan fingerprint density at radius 1 is 1.44 bits per heavy atom. The lowest BCUT2D eigenvalue weighted by Crippen LogP contribution is -2.30. The van der Waals surface area contributed by atoms with Gasteiger partial charge in [0.2, 0.25) is 0 Å². The van der Waals surface area contributed by atoms with E-state index in [1.165, 1.54) is 24.3 Å². The van der Waals surface area contributed by atoms with Gasteiger partial charge in [0.05, 0.1) is 0 Å². The number of hydrogen-bond donors (Lipinski definition) is 2. The summed E-state index contributed by atoms with van der Waals surface area (Å²) >= 11 is 0. The summed E-state index contributed by atoms with van der Waals surface area (Å²) in [5, 5.41) is 8.22. The monoisotopic (exact) mass is 223 g/mol. The van der Waals surface area contributed by atoms with Crippen LogP contribution in [0.15, 0.2) is 29.4 Å². The molecular formula is C9H10FN5O. The Morgan fingerprint density at radius 3 is 2.75 bits per heavy atom. The van der Waals surface area contributed by atoms with Crippen molar-refractivity contribution in [2.75, 3.05) is 18.4 Å².